The lowest BCUT2D eigenvalue weighted by molar-refractivity contribution is -0.173. The molecule has 0 spiro atoms. The molecular weight excluding hydrogens is 400 g/mol. The summed E-state index contributed by atoms with van der Waals surface area (Å²) in [6, 6.07) is 6.61. The van der Waals surface area contributed by atoms with E-state index in [1.165, 1.54) is 0 Å². The largest absolute Gasteiger partial charge is 0.508 e. The van der Waals surface area contributed by atoms with Crippen LogP contribution in [0.1, 0.15) is 48.4 Å². The second-order valence-corrected chi connectivity index (χ2v) is 8.43. The number of ether oxygens (including phenoxy) is 1. The number of fused-ring (bicyclic) bond motifs is 5. The molecule has 0 radical (unpaired) electrons. The first kappa shape index (κ1) is 19.7. The highest BCUT2D eigenvalue weighted by Gasteiger charge is 2.46. The van der Waals surface area contributed by atoms with Gasteiger partial charge in [0.2, 0.25) is 0 Å². The number of aromatic hydroxyl groups is 1. The van der Waals surface area contributed by atoms with E-state index in [9.17, 15) is 24.9 Å². The van der Waals surface area contributed by atoms with Gasteiger partial charge >= 0.3 is 5.97 Å². The van der Waals surface area contributed by atoms with Crippen molar-refractivity contribution in [3.63, 3.8) is 0 Å². The molecule has 0 unspecified atom stereocenters. The molecule has 0 saturated carbocycles. The lowest BCUT2D eigenvalue weighted by Gasteiger charge is -2.32. The lowest BCUT2D eigenvalue weighted by atomic mass is 9.85. The van der Waals surface area contributed by atoms with E-state index >= 15 is 0 Å². The van der Waals surface area contributed by atoms with Crippen molar-refractivity contribution in [2.24, 2.45) is 0 Å². The van der Waals surface area contributed by atoms with E-state index in [1.54, 1.807) is 28.8 Å². The normalized spacial score (nSPS) is 19.3. The highest BCUT2D eigenvalue weighted by Crippen LogP contribution is 2.42. The van der Waals surface area contributed by atoms with E-state index in [0.717, 1.165) is 16.5 Å². The monoisotopic (exact) mass is 422 g/mol. The van der Waals surface area contributed by atoms with Gasteiger partial charge in [0.05, 0.1) is 29.0 Å². The topological polar surface area (TPSA) is 122 Å². The number of hydrogen-bond acceptors (Lipinski definition) is 7. The number of aliphatic hydroxyl groups excluding tert-OH is 1. The number of phenolic OH excluding ortho intramolecular Hbond substituents is 1. The number of benzene rings is 1. The van der Waals surface area contributed by atoms with Gasteiger partial charge in [-0.3, -0.25) is 4.79 Å². The summed E-state index contributed by atoms with van der Waals surface area (Å²) >= 11 is 0. The number of hydrogen-bond donors (Lipinski definition) is 3. The molecule has 1 aromatic carbocycles. The van der Waals surface area contributed by atoms with Gasteiger partial charge in [-0.2, -0.15) is 0 Å². The second-order valence-electron chi connectivity index (χ2n) is 8.43. The minimum atomic E-state index is -2.08. The number of esters is 1. The number of nitrogens with zero attached hydrogens (tertiary/aromatic N) is 2. The van der Waals surface area contributed by atoms with Crippen LogP contribution in [0.5, 0.6) is 5.75 Å². The molecule has 0 bridgehead atoms. The van der Waals surface area contributed by atoms with Crippen molar-refractivity contribution in [2.45, 2.75) is 44.9 Å². The van der Waals surface area contributed by atoms with Crippen LogP contribution >= 0.6 is 0 Å². The third-order valence-electron chi connectivity index (χ3n) is 6.25. The standard InChI is InChI=1S/C23H22N2O6/c1-11(2)19-13-7-12(27)3-4-17(13)24-20-14(19)9-25-18(20)8-16-15(21(25)28)10-31-22(29)23(16,30)5-6-26/h3-4,7-8,11,26-27,30H,5-6,9-10H2,1-2H3/t23-/m0/s1. The summed E-state index contributed by atoms with van der Waals surface area (Å²) in [5.74, 6) is -0.623. The minimum Gasteiger partial charge on any atom is -0.508 e. The Morgan fingerprint density at radius 2 is 2.00 bits per heavy atom. The van der Waals surface area contributed by atoms with Crippen LogP contribution in [0, 0.1) is 0 Å². The number of phenols is 1. The Morgan fingerprint density at radius 1 is 1.23 bits per heavy atom. The Bertz CT molecular complexity index is 1330. The van der Waals surface area contributed by atoms with Crippen molar-refractivity contribution >= 4 is 16.9 Å². The van der Waals surface area contributed by atoms with Crippen LogP contribution in [-0.4, -0.2) is 37.4 Å². The number of carbonyl (C=O) groups excluding carboxylic acids is 1. The predicted molar refractivity (Wildman–Crippen MR) is 112 cm³/mol. The third-order valence-corrected chi connectivity index (χ3v) is 6.25. The third kappa shape index (κ3) is 2.65. The van der Waals surface area contributed by atoms with Crippen LogP contribution in [0.2, 0.25) is 0 Å². The maximum atomic E-state index is 13.3. The molecule has 0 saturated heterocycles. The van der Waals surface area contributed by atoms with Crippen molar-refractivity contribution in [3.8, 4) is 17.1 Å². The minimum absolute atomic E-state index is 0.108. The fourth-order valence-electron chi connectivity index (χ4n) is 4.82. The molecule has 3 aromatic rings. The summed E-state index contributed by atoms with van der Waals surface area (Å²) in [5.41, 5.74) is 1.64. The van der Waals surface area contributed by atoms with Gasteiger partial charge in [0.25, 0.3) is 5.56 Å². The first-order chi connectivity index (χ1) is 14.8. The Morgan fingerprint density at radius 3 is 2.71 bits per heavy atom. The highest BCUT2D eigenvalue weighted by molar-refractivity contribution is 5.90. The summed E-state index contributed by atoms with van der Waals surface area (Å²) in [7, 11) is 0. The number of aliphatic hydroxyl groups is 2. The van der Waals surface area contributed by atoms with Gasteiger partial charge in [-0.05, 0) is 35.7 Å². The maximum Gasteiger partial charge on any atom is 0.343 e. The zero-order valence-corrected chi connectivity index (χ0v) is 17.2. The molecule has 5 rings (SSSR count). The molecule has 3 N–H and O–H groups in total. The van der Waals surface area contributed by atoms with Crippen molar-refractivity contribution in [1.29, 1.82) is 0 Å². The van der Waals surface area contributed by atoms with Gasteiger partial charge in [0.15, 0.2) is 5.60 Å². The number of rotatable bonds is 3. The van der Waals surface area contributed by atoms with E-state index in [1.807, 2.05) is 13.8 Å². The molecule has 31 heavy (non-hydrogen) atoms. The fourth-order valence-corrected chi connectivity index (χ4v) is 4.82. The molecule has 0 fully saturated rings. The van der Waals surface area contributed by atoms with Crippen LogP contribution in [0.15, 0.2) is 29.1 Å². The van der Waals surface area contributed by atoms with Crippen molar-refractivity contribution in [3.05, 3.63) is 56.9 Å². The van der Waals surface area contributed by atoms with E-state index in [4.69, 9.17) is 9.72 Å². The van der Waals surface area contributed by atoms with E-state index in [0.29, 0.717) is 23.4 Å². The number of carbonyl (C=O) groups is 1. The van der Waals surface area contributed by atoms with Crippen LogP contribution in [0.25, 0.3) is 22.3 Å². The van der Waals surface area contributed by atoms with Crippen molar-refractivity contribution in [1.82, 2.24) is 9.55 Å². The first-order valence-electron chi connectivity index (χ1n) is 10.2. The highest BCUT2D eigenvalue weighted by atomic mass is 16.6. The molecule has 8 heteroatoms. The summed E-state index contributed by atoms with van der Waals surface area (Å²) in [6.45, 7) is 3.72. The Balaban J connectivity index is 1.83. The molecule has 8 nitrogen and oxygen atoms in total. The molecular formula is C23H22N2O6. The van der Waals surface area contributed by atoms with Gasteiger partial charge in [0.1, 0.15) is 12.4 Å². The molecule has 1 atom stereocenters. The van der Waals surface area contributed by atoms with Gasteiger partial charge < -0.3 is 24.6 Å². The van der Waals surface area contributed by atoms with Gasteiger partial charge in [-0.15, -0.1) is 0 Å². The van der Waals surface area contributed by atoms with Gasteiger partial charge in [0, 0.05) is 29.5 Å². The molecule has 4 heterocycles. The number of cyclic esters (lactones) is 1. The van der Waals surface area contributed by atoms with Crippen LogP contribution in [-0.2, 0) is 28.3 Å². The Hall–Kier alpha value is -3.23. The molecule has 160 valence electrons. The molecule has 0 amide bonds. The maximum absolute atomic E-state index is 13.3. The van der Waals surface area contributed by atoms with Crippen LogP contribution in [0.4, 0.5) is 0 Å². The summed E-state index contributed by atoms with van der Waals surface area (Å²) in [5, 5.41) is 31.2. The van der Waals surface area contributed by atoms with Crippen LogP contribution in [0.3, 0.4) is 0 Å². The van der Waals surface area contributed by atoms with Crippen molar-refractivity contribution in [2.75, 3.05) is 6.61 Å². The average molecular weight is 422 g/mol. The number of pyridine rings is 2. The predicted octanol–water partition coefficient (Wildman–Crippen LogP) is 1.88. The van der Waals surface area contributed by atoms with E-state index < -0.39 is 18.2 Å². The van der Waals surface area contributed by atoms with E-state index in [-0.39, 0.29) is 41.4 Å². The SMILES string of the molecule is CC(C)c1c2c(nc3ccc(O)cc13)-c1cc3c(c(=O)n1C2)COC(=O)[C@]3(O)CCO. The second kappa shape index (κ2) is 6.63. The molecule has 2 aliphatic heterocycles. The van der Waals surface area contributed by atoms with E-state index in [2.05, 4.69) is 0 Å². The average Bonchev–Trinajstić information content (AvgIpc) is 3.08. The summed E-state index contributed by atoms with van der Waals surface area (Å²) < 4.78 is 6.65. The Labute approximate surface area is 177 Å². The summed E-state index contributed by atoms with van der Waals surface area (Å²) in [4.78, 5) is 30.4. The molecule has 2 aliphatic rings. The van der Waals surface area contributed by atoms with Crippen LogP contribution < -0.4 is 5.56 Å². The first-order valence-corrected chi connectivity index (χ1v) is 10.2. The van der Waals surface area contributed by atoms with Gasteiger partial charge in [-0.25, -0.2) is 9.78 Å². The fraction of sp³-hybridized carbons (Fsp3) is 0.348. The zero-order valence-electron chi connectivity index (χ0n) is 17.2. The zero-order chi connectivity index (χ0) is 22.1. The van der Waals surface area contributed by atoms with Crippen molar-refractivity contribution < 1.29 is 24.9 Å². The van der Waals surface area contributed by atoms with Gasteiger partial charge in [-0.1, -0.05) is 13.8 Å². The number of aromatic nitrogens is 2. The molecule has 0 aliphatic carbocycles. The molecule has 2 aromatic heterocycles. The quantitative estimate of drug-likeness (QED) is 0.431. The lowest BCUT2D eigenvalue weighted by Crippen LogP contribution is -2.45. The Kier molecular flexibility index (Phi) is 4.22. The smallest absolute Gasteiger partial charge is 0.343 e. The summed E-state index contributed by atoms with van der Waals surface area (Å²) in [6.07, 6.45) is -0.268.